The molecule has 0 fully saturated rings. The molecular formula is H7Al3CaO10S. The molecule has 10 nitrogen and oxygen atoms in total. The van der Waals surface area contributed by atoms with Crippen molar-refractivity contribution in [1.29, 1.82) is 0 Å². The zero-order valence-electron chi connectivity index (χ0n) is 9.12. The van der Waals surface area contributed by atoms with Crippen LogP contribution in [0.15, 0.2) is 0 Å². The van der Waals surface area contributed by atoms with Gasteiger partial charge in [0.25, 0.3) is 0 Å². The molecule has 0 heterocycles. The van der Waals surface area contributed by atoms with Crippen LogP contribution in [0, 0.1) is 0 Å². The van der Waals surface area contributed by atoms with Gasteiger partial charge in [0.15, 0.2) is 0 Å². The fourth-order valence-corrected chi connectivity index (χ4v) is 0. The zero-order valence-corrected chi connectivity index (χ0v) is 13.6. The van der Waals surface area contributed by atoms with E-state index in [-0.39, 0.29) is 40.6 Å². The first-order valence-corrected chi connectivity index (χ1v) is 6.54. The average Bonchev–Trinajstić information content (AvgIpc) is 1.86. The first-order chi connectivity index (χ1) is 6.24. The van der Waals surface area contributed by atoms with Crippen LogP contribution >= 0.6 is 0 Å². The molecule has 0 bridgehead atoms. The van der Waals surface area contributed by atoms with Crippen molar-refractivity contribution in [2.45, 2.75) is 0 Å². The Morgan fingerprint density at radius 1 is 0.800 bits per heavy atom. The summed E-state index contributed by atoms with van der Waals surface area (Å²) in [6.07, 6.45) is 0. The predicted molar refractivity (Wildman–Crippen MR) is 48.1 cm³/mol. The molecule has 0 aromatic carbocycles. The summed E-state index contributed by atoms with van der Waals surface area (Å²) in [5.41, 5.74) is 0. The summed E-state index contributed by atoms with van der Waals surface area (Å²) in [6, 6.07) is 0. The van der Waals surface area contributed by atoms with Crippen molar-refractivity contribution in [2.24, 2.45) is 0 Å². The molecule has 15 heavy (non-hydrogen) atoms. The maximum atomic E-state index is 8.74. The minimum atomic E-state index is -4.67. The van der Waals surface area contributed by atoms with Gasteiger partial charge in [0, 0.05) is 0 Å². The molecular weight excluding hydrogens is 313 g/mol. The van der Waals surface area contributed by atoms with E-state index in [0.29, 0.717) is 0 Å². The topological polar surface area (TPSA) is 186 Å². The molecule has 0 aliphatic heterocycles. The SMILES string of the molecule is O=S(=O)(O)O.[Ca+2].[H-].[H-].[O]=[Al][OH].[O]=[Al][OH].[O]=[Al][OH]. The van der Waals surface area contributed by atoms with E-state index < -0.39 is 56.9 Å². The second-order valence-electron chi connectivity index (χ2n) is 0.764. The van der Waals surface area contributed by atoms with Crippen molar-refractivity contribution in [1.82, 2.24) is 0 Å². The summed E-state index contributed by atoms with van der Waals surface area (Å²) in [5, 5.41) is 0. The van der Waals surface area contributed by atoms with Gasteiger partial charge in [-0.05, 0) is 0 Å². The van der Waals surface area contributed by atoms with Crippen molar-refractivity contribution < 1.29 is 44.3 Å². The Kier molecular flexibility index (Phi) is 59.1. The third kappa shape index (κ3) is 1220. The van der Waals surface area contributed by atoms with Gasteiger partial charge >= 0.3 is 118 Å². The third-order valence-corrected chi connectivity index (χ3v) is 0. The van der Waals surface area contributed by atoms with E-state index in [1.165, 1.54) is 0 Å². The summed E-state index contributed by atoms with van der Waals surface area (Å²) in [6.45, 7) is 0. The molecule has 0 saturated carbocycles. The molecule has 0 unspecified atom stereocenters. The molecule has 84 valence electrons. The van der Waals surface area contributed by atoms with Crippen molar-refractivity contribution in [3.8, 4) is 0 Å². The first-order valence-electron chi connectivity index (χ1n) is 2.18. The van der Waals surface area contributed by atoms with Gasteiger partial charge in [0.1, 0.15) is 0 Å². The van der Waals surface area contributed by atoms with Gasteiger partial charge in [-0.15, -0.1) is 0 Å². The monoisotopic (exact) mass is 320 g/mol. The molecule has 0 aliphatic carbocycles. The van der Waals surface area contributed by atoms with Gasteiger partial charge < -0.3 is 2.85 Å². The van der Waals surface area contributed by atoms with Crippen molar-refractivity contribution in [2.75, 3.05) is 0 Å². The number of rotatable bonds is 0. The van der Waals surface area contributed by atoms with E-state index >= 15 is 0 Å². The van der Waals surface area contributed by atoms with Crippen LogP contribution in [-0.4, -0.2) is 114 Å². The van der Waals surface area contributed by atoms with Gasteiger partial charge in [-0.1, -0.05) is 0 Å². The second kappa shape index (κ2) is 29.6. The molecule has 0 spiro atoms. The van der Waals surface area contributed by atoms with Crippen LogP contribution in [0.25, 0.3) is 0 Å². The molecule has 0 radical (unpaired) electrons. The number of hydrogen-bond donors (Lipinski definition) is 5. The Morgan fingerprint density at radius 2 is 0.800 bits per heavy atom. The summed E-state index contributed by atoms with van der Waals surface area (Å²) >= 11 is -4.50. The van der Waals surface area contributed by atoms with Gasteiger partial charge in [-0.25, -0.2) is 0 Å². The summed E-state index contributed by atoms with van der Waals surface area (Å²) in [4.78, 5) is 0. The summed E-state index contributed by atoms with van der Waals surface area (Å²) in [5.74, 6) is 0. The standard InChI is InChI=1S/3Al.Ca.H2O4S.3H2O.3O.2H/c;;;;1-5(2,3)4;;;;;;;;/h;;;;(H2,1,2,3,4);3*1H2;;;;;/q3*+1;+2;;;;;;;;2*-1/p-3. The normalized spacial score (nSPS) is 5.47. The Hall–Kier alpha value is 1.53. The quantitative estimate of drug-likeness (QED) is 0.217. The van der Waals surface area contributed by atoms with E-state index in [4.69, 9.17) is 41.4 Å². The average molecular weight is 320 g/mol. The van der Waals surface area contributed by atoms with Crippen LogP contribution in [0.5, 0.6) is 0 Å². The van der Waals surface area contributed by atoms with Crippen LogP contribution in [-0.2, 0) is 21.8 Å². The van der Waals surface area contributed by atoms with Crippen molar-refractivity contribution in [3.63, 3.8) is 0 Å². The van der Waals surface area contributed by atoms with Gasteiger partial charge in [0.2, 0.25) is 0 Å². The number of hydrogen-bond acceptors (Lipinski definition) is 5. The van der Waals surface area contributed by atoms with Gasteiger partial charge in [0.05, 0.1) is 0 Å². The Bertz CT molecular complexity index is 195. The summed E-state index contributed by atoms with van der Waals surface area (Å²) in [7, 11) is -4.67. The Morgan fingerprint density at radius 3 is 0.800 bits per heavy atom. The third-order valence-electron chi connectivity index (χ3n) is 0. The molecule has 0 atom stereocenters. The Labute approximate surface area is 137 Å². The maximum absolute atomic E-state index is 8.74. The molecule has 0 saturated heterocycles. The predicted octanol–water partition coefficient (Wildman–Crippen LogP) is -3.98. The molecule has 5 N–H and O–H groups in total. The van der Waals surface area contributed by atoms with Crippen molar-refractivity contribution in [3.05, 3.63) is 0 Å². The van der Waals surface area contributed by atoms with Crippen LogP contribution in [0.4, 0.5) is 0 Å². The molecule has 0 aromatic heterocycles. The molecule has 15 heteroatoms. The van der Waals surface area contributed by atoms with Crippen molar-refractivity contribution >= 4 is 94.6 Å². The molecule has 0 rings (SSSR count). The first kappa shape index (κ1) is 30.0. The van der Waals surface area contributed by atoms with Crippen LogP contribution in [0.1, 0.15) is 2.85 Å². The second-order valence-corrected chi connectivity index (χ2v) is 2.29. The van der Waals surface area contributed by atoms with Crippen LogP contribution in [0.3, 0.4) is 0 Å². The van der Waals surface area contributed by atoms with Crippen LogP contribution < -0.4 is 0 Å². The van der Waals surface area contributed by atoms with E-state index in [9.17, 15) is 0 Å². The van der Waals surface area contributed by atoms with E-state index in [1.54, 1.807) is 0 Å². The van der Waals surface area contributed by atoms with E-state index in [2.05, 4.69) is 0 Å². The summed E-state index contributed by atoms with van der Waals surface area (Å²) < 4.78 is 78.6. The fraction of sp³-hybridized carbons (Fsp3) is 0. The zero-order chi connectivity index (χ0) is 12.6. The fourth-order valence-electron chi connectivity index (χ4n) is 0. The molecule has 0 aromatic rings. The molecule has 0 aliphatic rings. The van der Waals surface area contributed by atoms with Gasteiger partial charge in [-0.3, -0.25) is 9.11 Å². The van der Waals surface area contributed by atoms with E-state index in [0.717, 1.165) is 0 Å². The Balaban J connectivity index is -0.0000000152. The van der Waals surface area contributed by atoms with E-state index in [1.807, 2.05) is 0 Å². The van der Waals surface area contributed by atoms with Gasteiger partial charge in [-0.2, -0.15) is 8.42 Å². The molecule has 0 amide bonds. The minimum absolute atomic E-state index is 0. The van der Waals surface area contributed by atoms with Crippen LogP contribution in [0.2, 0.25) is 0 Å².